The van der Waals surface area contributed by atoms with E-state index in [1.54, 1.807) is 7.11 Å². The third-order valence-electron chi connectivity index (χ3n) is 3.64. The Morgan fingerprint density at radius 2 is 2.05 bits per heavy atom. The van der Waals surface area contributed by atoms with Crippen molar-refractivity contribution >= 4 is 12.6 Å². The van der Waals surface area contributed by atoms with Crippen molar-refractivity contribution in [2.75, 3.05) is 12.9 Å². The van der Waals surface area contributed by atoms with E-state index in [1.165, 1.54) is 0 Å². The van der Waals surface area contributed by atoms with Gasteiger partial charge in [-0.15, -0.1) is 0 Å². The molecule has 2 rings (SSSR count). The van der Waals surface area contributed by atoms with E-state index in [0.717, 1.165) is 12.0 Å². The van der Waals surface area contributed by atoms with Gasteiger partial charge in [0.25, 0.3) is 0 Å². The number of hydrogen-bond donors (Lipinski definition) is 2. The van der Waals surface area contributed by atoms with E-state index in [2.05, 4.69) is 12.6 Å². The highest BCUT2D eigenvalue weighted by Gasteiger charge is 2.54. The predicted molar refractivity (Wildman–Crippen MR) is 79.8 cm³/mol. The second-order valence-electron chi connectivity index (χ2n) is 4.98. The van der Waals surface area contributed by atoms with Crippen LogP contribution < -0.4 is 0 Å². The summed E-state index contributed by atoms with van der Waals surface area (Å²) in [4.78, 5) is 0. The average Bonchev–Trinajstić information content (AvgIpc) is 2.78. The minimum absolute atomic E-state index is 0.169. The van der Waals surface area contributed by atoms with E-state index in [1.807, 2.05) is 37.3 Å². The minimum atomic E-state index is -1.40. The van der Waals surface area contributed by atoms with Gasteiger partial charge in [0.1, 0.15) is 12.2 Å². The smallest absolute Gasteiger partial charge is 0.204 e. The molecule has 4 nitrogen and oxygen atoms in total. The molecule has 0 aromatic heterocycles. The highest BCUT2D eigenvalue weighted by atomic mass is 32.1. The molecule has 0 radical (unpaired) electrons. The Bertz CT molecular complexity index is 414. The van der Waals surface area contributed by atoms with Gasteiger partial charge in [-0.1, -0.05) is 37.3 Å². The third kappa shape index (κ3) is 3.18. The number of thiol groups is 1. The average molecular weight is 298 g/mol. The maximum Gasteiger partial charge on any atom is 0.204 e. The van der Waals surface area contributed by atoms with Crippen LogP contribution in [0.4, 0.5) is 0 Å². The lowest BCUT2D eigenvalue weighted by molar-refractivity contribution is -0.224. The lowest BCUT2D eigenvalue weighted by atomic mass is 10.0. The molecular formula is C15H22O4S. The molecule has 1 fully saturated rings. The molecule has 0 aliphatic carbocycles. The Morgan fingerprint density at radius 1 is 1.35 bits per heavy atom. The Morgan fingerprint density at radius 3 is 2.60 bits per heavy atom. The number of rotatable bonds is 6. The quantitative estimate of drug-likeness (QED) is 0.789. The van der Waals surface area contributed by atoms with E-state index in [-0.39, 0.29) is 18.0 Å². The maximum atomic E-state index is 10.5. The normalized spacial score (nSPS) is 33.5. The highest BCUT2D eigenvalue weighted by molar-refractivity contribution is 7.80. The summed E-state index contributed by atoms with van der Waals surface area (Å²) in [7, 11) is 1.61. The van der Waals surface area contributed by atoms with E-state index in [0.29, 0.717) is 6.61 Å². The molecule has 1 aliphatic heterocycles. The summed E-state index contributed by atoms with van der Waals surface area (Å²) in [6.07, 6.45) is -0.270. The fraction of sp³-hybridized carbons (Fsp3) is 0.600. The second-order valence-corrected chi connectivity index (χ2v) is 5.30. The van der Waals surface area contributed by atoms with Gasteiger partial charge in [0, 0.05) is 12.9 Å². The van der Waals surface area contributed by atoms with Crippen LogP contribution in [0.3, 0.4) is 0 Å². The summed E-state index contributed by atoms with van der Waals surface area (Å²) in [6.45, 7) is 2.40. The van der Waals surface area contributed by atoms with Crippen LogP contribution in [0, 0.1) is 0 Å². The maximum absolute atomic E-state index is 10.5. The molecule has 1 aromatic rings. The van der Waals surface area contributed by atoms with Gasteiger partial charge in [-0.2, -0.15) is 12.6 Å². The third-order valence-corrected chi connectivity index (χ3v) is 4.09. The lowest BCUT2D eigenvalue weighted by Gasteiger charge is -2.28. The zero-order valence-corrected chi connectivity index (χ0v) is 12.8. The first-order valence-corrected chi connectivity index (χ1v) is 7.47. The molecular weight excluding hydrogens is 276 g/mol. The Labute approximate surface area is 125 Å². The van der Waals surface area contributed by atoms with E-state index in [9.17, 15) is 5.11 Å². The molecule has 1 N–H and O–H groups in total. The van der Waals surface area contributed by atoms with Gasteiger partial charge >= 0.3 is 0 Å². The molecule has 0 amide bonds. The lowest BCUT2D eigenvalue weighted by Crippen LogP contribution is -2.47. The molecule has 1 aromatic carbocycles. The molecule has 1 heterocycles. The van der Waals surface area contributed by atoms with E-state index in [4.69, 9.17) is 14.2 Å². The van der Waals surface area contributed by atoms with E-state index < -0.39 is 11.9 Å². The van der Waals surface area contributed by atoms with Crippen LogP contribution in [0.1, 0.15) is 18.9 Å². The van der Waals surface area contributed by atoms with Crippen LogP contribution in [0.15, 0.2) is 30.3 Å². The predicted octanol–water partition coefficient (Wildman–Crippen LogP) is 2.01. The van der Waals surface area contributed by atoms with Crippen LogP contribution in [0.5, 0.6) is 0 Å². The fourth-order valence-electron chi connectivity index (χ4n) is 2.55. The van der Waals surface area contributed by atoms with Crippen molar-refractivity contribution < 1.29 is 19.3 Å². The Balaban J connectivity index is 2.09. The zero-order valence-electron chi connectivity index (χ0n) is 11.9. The molecule has 1 saturated heterocycles. The fourth-order valence-corrected chi connectivity index (χ4v) is 2.81. The summed E-state index contributed by atoms with van der Waals surface area (Å²) in [5.41, 5.74) is 1.05. The van der Waals surface area contributed by atoms with Gasteiger partial charge in [-0.25, -0.2) is 0 Å². The number of methoxy groups -OCH3 is 1. The Hall–Kier alpha value is -0.590. The summed E-state index contributed by atoms with van der Waals surface area (Å²) < 4.78 is 17.0. The van der Waals surface area contributed by atoms with Crippen LogP contribution in [0.25, 0.3) is 0 Å². The van der Waals surface area contributed by atoms with Gasteiger partial charge in [0.05, 0.1) is 12.7 Å². The van der Waals surface area contributed by atoms with Crippen molar-refractivity contribution in [2.45, 2.75) is 44.1 Å². The van der Waals surface area contributed by atoms with Gasteiger partial charge in [-0.05, 0) is 12.0 Å². The van der Waals surface area contributed by atoms with Crippen molar-refractivity contribution in [2.24, 2.45) is 0 Å². The van der Waals surface area contributed by atoms with Crippen molar-refractivity contribution in [3.05, 3.63) is 35.9 Å². The van der Waals surface area contributed by atoms with Crippen molar-refractivity contribution in [3.8, 4) is 0 Å². The monoisotopic (exact) mass is 298 g/mol. The second kappa shape index (κ2) is 6.91. The number of ether oxygens (including phenoxy) is 3. The summed E-state index contributed by atoms with van der Waals surface area (Å²) in [5.74, 6) is -1.23. The molecule has 112 valence electrons. The first kappa shape index (κ1) is 15.8. The van der Waals surface area contributed by atoms with Gasteiger partial charge in [0.15, 0.2) is 0 Å². The number of benzene rings is 1. The molecule has 0 bridgehead atoms. The first-order valence-electron chi connectivity index (χ1n) is 6.84. The van der Waals surface area contributed by atoms with Crippen LogP contribution in [0.2, 0.25) is 0 Å². The molecule has 0 spiro atoms. The molecule has 20 heavy (non-hydrogen) atoms. The highest BCUT2D eigenvalue weighted by Crippen LogP contribution is 2.35. The molecule has 1 unspecified atom stereocenters. The first-order chi connectivity index (χ1) is 9.64. The summed E-state index contributed by atoms with van der Waals surface area (Å²) in [5, 5.41) is 10.5. The summed E-state index contributed by atoms with van der Waals surface area (Å²) >= 11 is 4.19. The minimum Gasteiger partial charge on any atom is -0.376 e. The Kier molecular flexibility index (Phi) is 5.46. The number of hydrogen-bond acceptors (Lipinski definition) is 5. The summed E-state index contributed by atoms with van der Waals surface area (Å²) in [6, 6.07) is 9.83. The van der Waals surface area contributed by atoms with Gasteiger partial charge in [0.2, 0.25) is 5.79 Å². The molecule has 4 atom stereocenters. The van der Waals surface area contributed by atoms with Crippen LogP contribution >= 0.6 is 12.6 Å². The van der Waals surface area contributed by atoms with Gasteiger partial charge < -0.3 is 19.3 Å². The molecule has 5 heteroatoms. The van der Waals surface area contributed by atoms with Crippen molar-refractivity contribution in [1.82, 2.24) is 0 Å². The SMILES string of the molecule is CC[C@H]1OC(O)(CS)[C@H](OCc2ccccc2)[C@@H]1OC. The topological polar surface area (TPSA) is 47.9 Å². The van der Waals surface area contributed by atoms with Crippen molar-refractivity contribution in [3.63, 3.8) is 0 Å². The number of aliphatic hydroxyl groups is 1. The standard InChI is InChI=1S/C15H22O4S/c1-3-12-13(17-2)14(15(16,10-20)19-12)18-9-11-7-5-4-6-8-11/h4-8,12-14,16,20H,3,9-10H2,1-2H3/t12-,13-,14-,15?/m1/s1. The zero-order chi connectivity index (χ0) is 14.6. The van der Waals surface area contributed by atoms with Gasteiger partial charge in [-0.3, -0.25) is 0 Å². The molecule has 1 aliphatic rings. The van der Waals surface area contributed by atoms with Crippen LogP contribution in [-0.4, -0.2) is 42.1 Å². The van der Waals surface area contributed by atoms with Crippen molar-refractivity contribution in [1.29, 1.82) is 0 Å². The molecule has 0 saturated carbocycles. The van der Waals surface area contributed by atoms with E-state index >= 15 is 0 Å². The van der Waals surface area contributed by atoms with Crippen LogP contribution in [-0.2, 0) is 20.8 Å². The largest absolute Gasteiger partial charge is 0.376 e.